The molecule has 0 radical (unpaired) electrons. The van der Waals surface area contributed by atoms with Gasteiger partial charge in [-0.3, -0.25) is 9.59 Å². The quantitative estimate of drug-likeness (QED) is 0.904. The molecule has 6 heteroatoms. The maximum atomic E-state index is 13.1. The third-order valence-corrected chi connectivity index (χ3v) is 4.51. The molecule has 1 saturated heterocycles. The largest absolute Gasteiger partial charge is 0.348 e. The minimum absolute atomic E-state index is 0.0206. The number of nitrogens with zero attached hydrogens (tertiary/aromatic N) is 1. The lowest BCUT2D eigenvalue weighted by Gasteiger charge is -2.15. The Bertz CT molecular complexity index is 804. The van der Waals surface area contributed by atoms with E-state index in [1.165, 1.54) is 12.1 Å². The van der Waals surface area contributed by atoms with Gasteiger partial charge in [0.15, 0.2) is 0 Å². The highest BCUT2D eigenvalue weighted by atomic mass is 35.5. The first-order valence-corrected chi connectivity index (χ1v) is 8.54. The molecule has 0 unspecified atom stereocenters. The Balaban J connectivity index is 1.66. The van der Waals surface area contributed by atoms with Gasteiger partial charge in [0, 0.05) is 25.2 Å². The lowest BCUT2D eigenvalue weighted by molar-refractivity contribution is 0.0792. The average Bonchev–Trinajstić information content (AvgIpc) is 3.14. The number of halogens is 2. The van der Waals surface area contributed by atoms with E-state index in [-0.39, 0.29) is 28.9 Å². The standard InChI is InChI=1S/C19H18ClFN2O2/c20-17-11-15(21)6-7-16(17)18(24)22-12-13-4-3-5-14(10-13)19(25)23-8-1-2-9-23/h3-7,10-11H,1-2,8-9,12H2,(H,22,24). The van der Waals surface area contributed by atoms with E-state index in [1.807, 2.05) is 11.0 Å². The molecule has 0 spiro atoms. The van der Waals surface area contributed by atoms with Crippen LogP contribution in [0, 0.1) is 5.82 Å². The molecule has 0 atom stereocenters. The van der Waals surface area contributed by atoms with E-state index in [2.05, 4.69) is 5.32 Å². The van der Waals surface area contributed by atoms with E-state index in [4.69, 9.17) is 11.6 Å². The van der Waals surface area contributed by atoms with E-state index in [0.29, 0.717) is 5.56 Å². The van der Waals surface area contributed by atoms with Crippen molar-refractivity contribution in [2.45, 2.75) is 19.4 Å². The van der Waals surface area contributed by atoms with Gasteiger partial charge in [-0.15, -0.1) is 0 Å². The van der Waals surface area contributed by atoms with E-state index >= 15 is 0 Å². The fraction of sp³-hybridized carbons (Fsp3) is 0.263. The zero-order valence-corrected chi connectivity index (χ0v) is 14.4. The second-order valence-corrected chi connectivity index (χ2v) is 6.41. The van der Waals surface area contributed by atoms with Crippen LogP contribution in [-0.2, 0) is 6.54 Å². The van der Waals surface area contributed by atoms with Crippen LogP contribution in [-0.4, -0.2) is 29.8 Å². The van der Waals surface area contributed by atoms with Gasteiger partial charge in [0.2, 0.25) is 0 Å². The summed E-state index contributed by atoms with van der Waals surface area (Å²) in [6, 6.07) is 10.8. The van der Waals surface area contributed by atoms with E-state index in [0.717, 1.165) is 37.6 Å². The summed E-state index contributed by atoms with van der Waals surface area (Å²) < 4.78 is 13.1. The Morgan fingerprint density at radius 1 is 1.12 bits per heavy atom. The Morgan fingerprint density at radius 2 is 1.88 bits per heavy atom. The smallest absolute Gasteiger partial charge is 0.253 e. The maximum absolute atomic E-state index is 13.1. The van der Waals surface area contributed by atoms with Gasteiger partial charge in [0.05, 0.1) is 10.6 Å². The normalized spacial score (nSPS) is 13.8. The van der Waals surface area contributed by atoms with E-state index in [1.54, 1.807) is 18.2 Å². The van der Waals surface area contributed by atoms with Crippen LogP contribution in [0.4, 0.5) is 4.39 Å². The number of hydrogen-bond donors (Lipinski definition) is 1. The molecule has 0 saturated carbocycles. The van der Waals surface area contributed by atoms with Gasteiger partial charge in [0.25, 0.3) is 11.8 Å². The van der Waals surface area contributed by atoms with Crippen LogP contribution in [0.1, 0.15) is 39.1 Å². The van der Waals surface area contributed by atoms with Crippen LogP contribution in [0.3, 0.4) is 0 Å². The summed E-state index contributed by atoms with van der Waals surface area (Å²) in [4.78, 5) is 26.4. The molecule has 0 aromatic heterocycles. The summed E-state index contributed by atoms with van der Waals surface area (Å²) in [7, 11) is 0. The molecule has 0 aliphatic carbocycles. The van der Waals surface area contributed by atoms with Gasteiger partial charge in [0.1, 0.15) is 5.82 Å². The molecule has 1 heterocycles. The molecule has 2 aromatic rings. The summed E-state index contributed by atoms with van der Waals surface area (Å²) in [5.74, 6) is -0.858. The highest BCUT2D eigenvalue weighted by Gasteiger charge is 2.19. The molecule has 3 rings (SSSR count). The predicted molar refractivity (Wildman–Crippen MR) is 94.2 cm³/mol. The third-order valence-electron chi connectivity index (χ3n) is 4.20. The first-order chi connectivity index (χ1) is 12.0. The number of amides is 2. The number of benzene rings is 2. The van der Waals surface area contributed by atoms with Crippen LogP contribution >= 0.6 is 11.6 Å². The number of rotatable bonds is 4. The number of carbonyl (C=O) groups excluding carboxylic acids is 2. The van der Waals surface area contributed by atoms with Crippen LogP contribution < -0.4 is 5.32 Å². The molecule has 25 heavy (non-hydrogen) atoms. The van der Waals surface area contributed by atoms with E-state index in [9.17, 15) is 14.0 Å². The molecule has 1 N–H and O–H groups in total. The van der Waals surface area contributed by atoms with Gasteiger partial charge in [-0.1, -0.05) is 23.7 Å². The second kappa shape index (κ2) is 7.66. The van der Waals surface area contributed by atoms with Crippen molar-refractivity contribution >= 4 is 23.4 Å². The molecule has 1 fully saturated rings. The molecule has 0 bridgehead atoms. The molecule has 1 aliphatic heterocycles. The van der Waals surface area contributed by atoms with Gasteiger partial charge >= 0.3 is 0 Å². The molecule has 4 nitrogen and oxygen atoms in total. The van der Waals surface area contributed by atoms with Crippen molar-refractivity contribution in [3.63, 3.8) is 0 Å². The summed E-state index contributed by atoms with van der Waals surface area (Å²) in [6.07, 6.45) is 2.08. The molecular weight excluding hydrogens is 343 g/mol. The lowest BCUT2D eigenvalue weighted by Crippen LogP contribution is -2.28. The van der Waals surface area contributed by atoms with Crippen molar-refractivity contribution in [2.24, 2.45) is 0 Å². The van der Waals surface area contributed by atoms with Crippen LogP contribution in [0.15, 0.2) is 42.5 Å². The highest BCUT2D eigenvalue weighted by molar-refractivity contribution is 6.33. The Hall–Kier alpha value is -2.40. The average molecular weight is 361 g/mol. The van der Waals surface area contributed by atoms with E-state index < -0.39 is 5.82 Å². The molecule has 2 amide bonds. The van der Waals surface area contributed by atoms with Crippen molar-refractivity contribution in [2.75, 3.05) is 13.1 Å². The Kier molecular flexibility index (Phi) is 5.34. The van der Waals surface area contributed by atoms with Crippen LogP contribution in [0.5, 0.6) is 0 Å². The molecular formula is C19H18ClFN2O2. The molecule has 1 aliphatic rings. The van der Waals surface area contributed by atoms with Gasteiger partial charge in [-0.2, -0.15) is 0 Å². The predicted octanol–water partition coefficient (Wildman–Crippen LogP) is 3.65. The zero-order chi connectivity index (χ0) is 17.8. The van der Waals surface area contributed by atoms with Gasteiger partial charge in [-0.05, 0) is 48.7 Å². The van der Waals surface area contributed by atoms with Crippen molar-refractivity contribution in [1.82, 2.24) is 10.2 Å². The number of likely N-dealkylation sites (tertiary alicyclic amines) is 1. The Morgan fingerprint density at radius 3 is 2.60 bits per heavy atom. The maximum Gasteiger partial charge on any atom is 0.253 e. The summed E-state index contributed by atoms with van der Waals surface area (Å²) in [5, 5.41) is 2.81. The van der Waals surface area contributed by atoms with Crippen molar-refractivity contribution < 1.29 is 14.0 Å². The van der Waals surface area contributed by atoms with Gasteiger partial charge in [-0.25, -0.2) is 4.39 Å². The van der Waals surface area contributed by atoms with Crippen molar-refractivity contribution in [1.29, 1.82) is 0 Å². The minimum Gasteiger partial charge on any atom is -0.348 e. The highest BCUT2D eigenvalue weighted by Crippen LogP contribution is 2.18. The minimum atomic E-state index is -0.491. The topological polar surface area (TPSA) is 49.4 Å². The number of carbonyl (C=O) groups is 2. The molecule has 130 valence electrons. The van der Waals surface area contributed by atoms with Crippen LogP contribution in [0.2, 0.25) is 5.02 Å². The first-order valence-electron chi connectivity index (χ1n) is 8.16. The fourth-order valence-electron chi connectivity index (χ4n) is 2.87. The Labute approximate surface area is 150 Å². The van der Waals surface area contributed by atoms with Crippen molar-refractivity contribution in [3.05, 3.63) is 70.0 Å². The second-order valence-electron chi connectivity index (χ2n) is 6.01. The van der Waals surface area contributed by atoms with Crippen LogP contribution in [0.25, 0.3) is 0 Å². The number of nitrogens with one attached hydrogen (secondary N) is 1. The summed E-state index contributed by atoms with van der Waals surface area (Å²) in [5.41, 5.74) is 1.65. The monoisotopic (exact) mass is 360 g/mol. The third kappa shape index (κ3) is 4.17. The summed E-state index contributed by atoms with van der Waals surface area (Å²) >= 11 is 5.89. The molecule has 2 aromatic carbocycles. The first kappa shape index (κ1) is 17.4. The van der Waals surface area contributed by atoms with Crippen molar-refractivity contribution in [3.8, 4) is 0 Å². The fourth-order valence-corrected chi connectivity index (χ4v) is 3.12. The van der Waals surface area contributed by atoms with Gasteiger partial charge < -0.3 is 10.2 Å². The zero-order valence-electron chi connectivity index (χ0n) is 13.6. The lowest BCUT2D eigenvalue weighted by atomic mass is 10.1. The number of hydrogen-bond acceptors (Lipinski definition) is 2. The summed E-state index contributed by atoms with van der Waals surface area (Å²) in [6.45, 7) is 1.85. The SMILES string of the molecule is O=C(NCc1cccc(C(=O)N2CCCC2)c1)c1ccc(F)cc1Cl.